The number of benzene rings is 1. The zero-order valence-corrected chi connectivity index (χ0v) is 12.9. The van der Waals surface area contributed by atoms with E-state index in [4.69, 9.17) is 5.11 Å². The minimum atomic E-state index is 0.259. The van der Waals surface area contributed by atoms with Gasteiger partial charge in [0.15, 0.2) is 0 Å². The number of hydrogen-bond acceptors (Lipinski definition) is 3. The molecule has 0 aliphatic rings. The van der Waals surface area contributed by atoms with Gasteiger partial charge in [0.25, 0.3) is 0 Å². The summed E-state index contributed by atoms with van der Waals surface area (Å²) in [6.45, 7) is 5.51. The Morgan fingerprint density at radius 1 is 1.29 bits per heavy atom. The largest absolute Gasteiger partial charge is 0.396 e. The molecule has 0 spiro atoms. The van der Waals surface area contributed by atoms with Crippen LogP contribution in [0.5, 0.6) is 0 Å². The number of rotatable bonds is 8. The van der Waals surface area contributed by atoms with Crippen molar-refractivity contribution in [2.24, 2.45) is 5.92 Å². The van der Waals surface area contributed by atoms with Crippen molar-refractivity contribution in [3.8, 4) is 5.69 Å². The van der Waals surface area contributed by atoms with Crippen molar-refractivity contribution in [3.63, 3.8) is 0 Å². The van der Waals surface area contributed by atoms with Gasteiger partial charge in [-0.05, 0) is 37.9 Å². The van der Waals surface area contributed by atoms with Crippen molar-refractivity contribution in [1.82, 2.24) is 15.1 Å². The molecule has 0 aliphatic carbocycles. The number of hydrogen-bond donors (Lipinski definition) is 2. The molecule has 4 nitrogen and oxygen atoms in total. The summed E-state index contributed by atoms with van der Waals surface area (Å²) in [5.41, 5.74) is 2.25. The van der Waals surface area contributed by atoms with Crippen molar-refractivity contribution in [2.45, 2.75) is 32.7 Å². The Morgan fingerprint density at radius 3 is 2.71 bits per heavy atom. The Bertz CT molecular complexity index is 524. The molecule has 21 heavy (non-hydrogen) atoms. The first-order chi connectivity index (χ1) is 10.2. The molecular weight excluding hydrogens is 262 g/mol. The topological polar surface area (TPSA) is 50.1 Å². The molecule has 0 amide bonds. The van der Waals surface area contributed by atoms with E-state index >= 15 is 0 Å². The molecule has 0 fully saturated rings. The lowest BCUT2D eigenvalue weighted by atomic mass is 10.0. The van der Waals surface area contributed by atoms with E-state index in [9.17, 15) is 0 Å². The fourth-order valence-corrected chi connectivity index (χ4v) is 2.38. The second-order valence-electron chi connectivity index (χ2n) is 5.47. The highest BCUT2D eigenvalue weighted by molar-refractivity contribution is 5.31. The van der Waals surface area contributed by atoms with E-state index < -0.39 is 0 Å². The van der Waals surface area contributed by atoms with Crippen molar-refractivity contribution in [3.05, 3.63) is 48.3 Å². The Balaban J connectivity index is 1.94. The smallest absolute Gasteiger partial charge is 0.0645 e. The van der Waals surface area contributed by atoms with Crippen molar-refractivity contribution >= 4 is 0 Å². The number of nitrogens with one attached hydrogen (secondary N) is 1. The summed E-state index contributed by atoms with van der Waals surface area (Å²) >= 11 is 0. The molecule has 2 N–H and O–H groups in total. The van der Waals surface area contributed by atoms with E-state index in [1.54, 1.807) is 0 Å². The Morgan fingerprint density at radius 2 is 2.05 bits per heavy atom. The highest BCUT2D eigenvalue weighted by Crippen LogP contribution is 2.15. The van der Waals surface area contributed by atoms with Gasteiger partial charge < -0.3 is 10.4 Å². The van der Waals surface area contributed by atoms with Crippen LogP contribution in [0.1, 0.15) is 38.3 Å². The molecule has 114 valence electrons. The molecule has 0 saturated carbocycles. The molecule has 2 unspecified atom stereocenters. The summed E-state index contributed by atoms with van der Waals surface area (Å²) in [6.07, 6.45) is 5.93. The van der Waals surface area contributed by atoms with Crippen LogP contribution in [0, 0.1) is 5.92 Å². The fraction of sp³-hybridized carbons (Fsp3) is 0.471. The molecular formula is C17H25N3O. The predicted octanol–water partition coefficient (Wildman–Crippen LogP) is 2.93. The van der Waals surface area contributed by atoms with E-state index in [0.717, 1.165) is 25.1 Å². The third-order valence-corrected chi connectivity index (χ3v) is 3.95. The third kappa shape index (κ3) is 4.41. The minimum absolute atomic E-state index is 0.259. The summed E-state index contributed by atoms with van der Waals surface area (Å²) in [4.78, 5) is 0. The summed E-state index contributed by atoms with van der Waals surface area (Å²) < 4.78 is 1.90. The Kier molecular flexibility index (Phi) is 5.96. The molecule has 4 heteroatoms. The maximum absolute atomic E-state index is 9.04. The molecule has 2 aromatic rings. The molecule has 1 aromatic carbocycles. The first-order valence-electron chi connectivity index (χ1n) is 7.68. The van der Waals surface area contributed by atoms with E-state index in [0.29, 0.717) is 5.92 Å². The van der Waals surface area contributed by atoms with Crippen LogP contribution in [0.2, 0.25) is 0 Å². The van der Waals surface area contributed by atoms with Crippen LogP contribution in [0.25, 0.3) is 5.69 Å². The van der Waals surface area contributed by atoms with E-state index in [1.165, 1.54) is 5.56 Å². The molecule has 0 saturated heterocycles. The van der Waals surface area contributed by atoms with Gasteiger partial charge in [-0.25, -0.2) is 4.68 Å². The lowest BCUT2D eigenvalue weighted by molar-refractivity contribution is 0.249. The van der Waals surface area contributed by atoms with Gasteiger partial charge in [0, 0.05) is 24.4 Å². The highest BCUT2D eigenvalue weighted by Gasteiger charge is 2.11. The average Bonchev–Trinajstić information content (AvgIpc) is 3.02. The minimum Gasteiger partial charge on any atom is -0.396 e. The van der Waals surface area contributed by atoms with Gasteiger partial charge in [-0.2, -0.15) is 5.10 Å². The molecule has 0 bridgehead atoms. The molecule has 1 heterocycles. The SMILES string of the molecule is CCC(CCO)CNC(C)c1cnn(-c2ccccc2)c1. The van der Waals surface area contributed by atoms with Crippen LogP contribution < -0.4 is 5.32 Å². The lowest BCUT2D eigenvalue weighted by Gasteiger charge is -2.18. The second kappa shape index (κ2) is 7.96. The Hall–Kier alpha value is -1.65. The van der Waals surface area contributed by atoms with Gasteiger partial charge >= 0.3 is 0 Å². The van der Waals surface area contributed by atoms with Crippen molar-refractivity contribution in [1.29, 1.82) is 0 Å². The monoisotopic (exact) mass is 287 g/mol. The van der Waals surface area contributed by atoms with E-state index in [1.807, 2.05) is 41.2 Å². The normalized spacial score (nSPS) is 14.0. The molecule has 2 rings (SSSR count). The number of aliphatic hydroxyl groups excluding tert-OH is 1. The van der Waals surface area contributed by atoms with Gasteiger partial charge in [0.2, 0.25) is 0 Å². The maximum atomic E-state index is 9.04. The molecule has 0 aliphatic heterocycles. The summed E-state index contributed by atoms with van der Waals surface area (Å²) in [5, 5.41) is 17.0. The number of para-hydroxylation sites is 1. The average molecular weight is 287 g/mol. The summed E-state index contributed by atoms with van der Waals surface area (Å²) in [5.74, 6) is 0.529. The van der Waals surface area contributed by atoms with Gasteiger partial charge in [0.1, 0.15) is 0 Å². The van der Waals surface area contributed by atoms with Gasteiger partial charge in [-0.15, -0.1) is 0 Å². The second-order valence-corrected chi connectivity index (χ2v) is 5.47. The van der Waals surface area contributed by atoms with Crippen molar-refractivity contribution in [2.75, 3.05) is 13.2 Å². The predicted molar refractivity (Wildman–Crippen MR) is 85.5 cm³/mol. The molecule has 1 aromatic heterocycles. The molecule has 2 atom stereocenters. The van der Waals surface area contributed by atoms with E-state index in [-0.39, 0.29) is 12.6 Å². The van der Waals surface area contributed by atoms with Crippen LogP contribution >= 0.6 is 0 Å². The van der Waals surface area contributed by atoms with Gasteiger partial charge in [-0.1, -0.05) is 31.5 Å². The van der Waals surface area contributed by atoms with Crippen LogP contribution in [0.3, 0.4) is 0 Å². The number of nitrogens with zero attached hydrogens (tertiary/aromatic N) is 2. The standard InChI is InChI=1S/C17H25N3O/c1-3-15(9-10-21)11-18-14(2)16-12-19-20(13-16)17-7-5-4-6-8-17/h4-8,12-15,18,21H,3,9-11H2,1-2H3. The van der Waals surface area contributed by atoms with Crippen LogP contribution in [0.4, 0.5) is 0 Å². The maximum Gasteiger partial charge on any atom is 0.0645 e. The summed E-state index contributed by atoms with van der Waals surface area (Å²) in [7, 11) is 0. The number of aliphatic hydroxyl groups is 1. The van der Waals surface area contributed by atoms with Crippen LogP contribution in [-0.2, 0) is 0 Å². The first kappa shape index (κ1) is 15.7. The summed E-state index contributed by atoms with van der Waals surface area (Å²) in [6, 6.07) is 10.4. The quantitative estimate of drug-likeness (QED) is 0.785. The van der Waals surface area contributed by atoms with Crippen LogP contribution in [0.15, 0.2) is 42.7 Å². The first-order valence-corrected chi connectivity index (χ1v) is 7.68. The third-order valence-electron chi connectivity index (χ3n) is 3.95. The van der Waals surface area contributed by atoms with Crippen LogP contribution in [-0.4, -0.2) is 28.0 Å². The highest BCUT2D eigenvalue weighted by atomic mass is 16.3. The van der Waals surface area contributed by atoms with Gasteiger partial charge in [-0.3, -0.25) is 0 Å². The zero-order valence-electron chi connectivity index (χ0n) is 12.9. The lowest BCUT2D eigenvalue weighted by Crippen LogP contribution is -2.26. The van der Waals surface area contributed by atoms with Crippen molar-refractivity contribution < 1.29 is 5.11 Å². The molecule has 0 radical (unpaired) electrons. The Labute approximate surface area is 126 Å². The van der Waals surface area contributed by atoms with E-state index in [2.05, 4.69) is 30.5 Å². The number of aromatic nitrogens is 2. The zero-order chi connectivity index (χ0) is 15.1. The van der Waals surface area contributed by atoms with Gasteiger partial charge in [0.05, 0.1) is 11.9 Å². The fourth-order valence-electron chi connectivity index (χ4n) is 2.38.